The SMILES string of the molecule is CC1(C(=O)N2CCC3(CC2)CN(c2ccc(C#N)c(C(F)(F)F)c2)CC3C(=O)NC2CC2)CC1. The lowest BCUT2D eigenvalue weighted by atomic mass is 9.70. The number of hydrogen-bond acceptors (Lipinski definition) is 4. The molecule has 4 aliphatic rings. The third-order valence-corrected chi connectivity index (χ3v) is 8.25. The Morgan fingerprint density at radius 1 is 1.15 bits per heavy atom. The number of nitriles is 1. The maximum absolute atomic E-state index is 13.6. The van der Waals surface area contributed by atoms with E-state index in [0.29, 0.717) is 44.7 Å². The van der Waals surface area contributed by atoms with Crippen molar-refractivity contribution in [1.82, 2.24) is 10.2 Å². The molecule has 6 nitrogen and oxygen atoms in total. The topological polar surface area (TPSA) is 76.4 Å². The summed E-state index contributed by atoms with van der Waals surface area (Å²) in [4.78, 5) is 29.8. The smallest absolute Gasteiger partial charge is 0.370 e. The van der Waals surface area contributed by atoms with Crippen molar-refractivity contribution >= 4 is 17.5 Å². The number of alkyl halides is 3. The van der Waals surface area contributed by atoms with Gasteiger partial charge in [-0.2, -0.15) is 18.4 Å². The summed E-state index contributed by atoms with van der Waals surface area (Å²) in [5.74, 6) is -0.214. The molecule has 1 aromatic carbocycles. The number of likely N-dealkylation sites (tertiary alicyclic amines) is 1. The Morgan fingerprint density at radius 3 is 2.38 bits per heavy atom. The van der Waals surface area contributed by atoms with E-state index in [0.717, 1.165) is 31.7 Å². The Kier molecular flexibility index (Phi) is 5.34. The molecule has 1 aromatic rings. The molecule has 2 aliphatic carbocycles. The second-order valence-corrected chi connectivity index (χ2v) is 10.8. The largest absolute Gasteiger partial charge is 0.417 e. The Hall–Kier alpha value is -2.76. The van der Waals surface area contributed by atoms with E-state index in [4.69, 9.17) is 5.26 Å². The molecule has 2 saturated carbocycles. The first-order chi connectivity index (χ1) is 16.0. The normalized spacial score (nSPS) is 25.2. The summed E-state index contributed by atoms with van der Waals surface area (Å²) in [6.45, 7) is 3.91. The summed E-state index contributed by atoms with van der Waals surface area (Å²) in [5.41, 5.74) is -1.63. The third kappa shape index (κ3) is 4.12. The van der Waals surface area contributed by atoms with Crippen LogP contribution in [0.4, 0.5) is 18.9 Å². The quantitative estimate of drug-likeness (QED) is 0.722. The highest BCUT2D eigenvalue weighted by Crippen LogP contribution is 2.50. The van der Waals surface area contributed by atoms with E-state index in [9.17, 15) is 22.8 Å². The number of benzene rings is 1. The predicted molar refractivity (Wildman–Crippen MR) is 119 cm³/mol. The van der Waals surface area contributed by atoms with Gasteiger partial charge in [-0.15, -0.1) is 0 Å². The Bertz CT molecular complexity index is 1050. The zero-order valence-electron chi connectivity index (χ0n) is 19.2. The van der Waals surface area contributed by atoms with Crippen molar-refractivity contribution in [2.75, 3.05) is 31.1 Å². The van der Waals surface area contributed by atoms with Crippen LogP contribution in [0.5, 0.6) is 0 Å². The van der Waals surface area contributed by atoms with Crippen LogP contribution in [0, 0.1) is 28.1 Å². The number of amides is 2. The lowest BCUT2D eigenvalue weighted by molar-refractivity contribution is -0.140. The van der Waals surface area contributed by atoms with Crippen LogP contribution >= 0.6 is 0 Å². The Balaban J connectivity index is 1.40. The molecule has 0 radical (unpaired) electrons. The van der Waals surface area contributed by atoms with Crippen molar-refractivity contribution in [2.24, 2.45) is 16.7 Å². The molecule has 1 atom stereocenters. The third-order valence-electron chi connectivity index (χ3n) is 8.25. The fourth-order valence-corrected chi connectivity index (χ4v) is 5.56. The Labute approximate surface area is 197 Å². The predicted octanol–water partition coefficient (Wildman–Crippen LogP) is 3.70. The van der Waals surface area contributed by atoms with Gasteiger partial charge in [0, 0.05) is 48.7 Å². The van der Waals surface area contributed by atoms with Gasteiger partial charge in [-0.05, 0) is 56.7 Å². The minimum absolute atomic E-state index is 0.0383. The van der Waals surface area contributed by atoms with Crippen molar-refractivity contribution in [3.05, 3.63) is 29.3 Å². The number of hydrogen-bond donors (Lipinski definition) is 1. The number of nitrogens with zero attached hydrogens (tertiary/aromatic N) is 3. The van der Waals surface area contributed by atoms with Gasteiger partial charge in [0.25, 0.3) is 0 Å². The number of piperidine rings is 1. The molecule has 4 fully saturated rings. The van der Waals surface area contributed by atoms with Crippen LogP contribution in [-0.4, -0.2) is 48.9 Å². The number of halogens is 3. The van der Waals surface area contributed by atoms with E-state index in [2.05, 4.69) is 5.32 Å². The second kappa shape index (κ2) is 7.89. The first kappa shape index (κ1) is 23.0. The first-order valence-corrected chi connectivity index (χ1v) is 12.0. The highest BCUT2D eigenvalue weighted by Gasteiger charge is 2.54. The Morgan fingerprint density at radius 2 is 1.82 bits per heavy atom. The number of rotatable bonds is 4. The number of nitrogens with one attached hydrogen (secondary N) is 1. The fourth-order valence-electron chi connectivity index (χ4n) is 5.56. The van der Waals surface area contributed by atoms with Gasteiger partial charge in [-0.1, -0.05) is 6.92 Å². The first-order valence-electron chi connectivity index (χ1n) is 12.0. The van der Waals surface area contributed by atoms with E-state index < -0.39 is 22.7 Å². The van der Waals surface area contributed by atoms with Crippen molar-refractivity contribution in [3.8, 4) is 6.07 Å². The lowest BCUT2D eigenvalue weighted by Gasteiger charge is -2.42. The number of anilines is 1. The number of carbonyl (C=O) groups is 2. The van der Waals surface area contributed by atoms with E-state index in [1.165, 1.54) is 12.1 Å². The minimum atomic E-state index is -4.63. The standard InChI is InChI=1S/C25H29F3N4O2/c1-23(6-7-23)22(34)31-10-8-24(9-11-31)15-32(14-20(24)21(33)30-17-3-4-17)18-5-2-16(13-29)19(12-18)25(26,27)28/h2,5,12,17,20H,3-4,6-11,14-15H2,1H3,(H,30,33). The van der Waals surface area contributed by atoms with Gasteiger partial charge >= 0.3 is 6.18 Å². The molecule has 2 saturated heterocycles. The van der Waals surface area contributed by atoms with Crippen molar-refractivity contribution in [2.45, 2.75) is 57.7 Å². The van der Waals surface area contributed by atoms with Gasteiger partial charge < -0.3 is 15.1 Å². The van der Waals surface area contributed by atoms with Gasteiger partial charge in [-0.25, -0.2) is 0 Å². The maximum Gasteiger partial charge on any atom is 0.417 e. The summed E-state index contributed by atoms with van der Waals surface area (Å²) in [6, 6.07) is 5.59. The molecule has 0 aromatic heterocycles. The monoisotopic (exact) mass is 474 g/mol. The molecule has 9 heteroatoms. The zero-order valence-corrected chi connectivity index (χ0v) is 19.2. The van der Waals surface area contributed by atoms with E-state index >= 15 is 0 Å². The summed E-state index contributed by atoms with van der Waals surface area (Å²) in [7, 11) is 0. The summed E-state index contributed by atoms with van der Waals surface area (Å²) < 4.78 is 40.7. The zero-order chi connectivity index (χ0) is 24.3. The van der Waals surface area contributed by atoms with Crippen LogP contribution in [-0.2, 0) is 15.8 Å². The highest BCUT2D eigenvalue weighted by molar-refractivity contribution is 5.85. The summed E-state index contributed by atoms with van der Waals surface area (Å²) >= 11 is 0. The molecular formula is C25H29F3N4O2. The van der Waals surface area contributed by atoms with E-state index in [-0.39, 0.29) is 29.2 Å². The molecule has 1 unspecified atom stereocenters. The van der Waals surface area contributed by atoms with Crippen molar-refractivity contribution < 1.29 is 22.8 Å². The molecule has 2 amide bonds. The van der Waals surface area contributed by atoms with Crippen molar-refractivity contribution in [3.63, 3.8) is 0 Å². The van der Waals surface area contributed by atoms with Gasteiger partial charge in [0.05, 0.1) is 23.1 Å². The summed E-state index contributed by atoms with van der Waals surface area (Å²) in [5, 5.41) is 12.2. The fraction of sp³-hybridized carbons (Fsp3) is 0.640. The lowest BCUT2D eigenvalue weighted by Crippen LogP contribution is -2.51. The van der Waals surface area contributed by atoms with Crippen LogP contribution in [0.1, 0.15) is 56.6 Å². The highest BCUT2D eigenvalue weighted by atomic mass is 19.4. The molecule has 182 valence electrons. The minimum Gasteiger partial charge on any atom is -0.370 e. The van der Waals surface area contributed by atoms with Gasteiger partial charge in [0.1, 0.15) is 0 Å². The van der Waals surface area contributed by atoms with Crippen LogP contribution in [0.25, 0.3) is 0 Å². The molecule has 1 spiro atoms. The molecule has 5 rings (SSSR count). The molecule has 1 N–H and O–H groups in total. The number of carbonyl (C=O) groups excluding carboxylic acids is 2. The van der Waals surface area contributed by atoms with Gasteiger partial charge in [0.15, 0.2) is 0 Å². The van der Waals surface area contributed by atoms with Gasteiger partial charge in [0.2, 0.25) is 11.8 Å². The summed E-state index contributed by atoms with van der Waals surface area (Å²) in [6.07, 6.45) is 0.405. The molecule has 0 bridgehead atoms. The molecule has 2 aliphatic heterocycles. The van der Waals surface area contributed by atoms with E-state index in [1.54, 1.807) is 6.07 Å². The second-order valence-electron chi connectivity index (χ2n) is 10.8. The average Bonchev–Trinajstić information content (AvgIpc) is 3.73. The molecule has 2 heterocycles. The van der Waals surface area contributed by atoms with Crippen LogP contribution in [0.15, 0.2) is 18.2 Å². The maximum atomic E-state index is 13.6. The van der Waals surface area contributed by atoms with Crippen LogP contribution < -0.4 is 10.2 Å². The van der Waals surface area contributed by atoms with Crippen molar-refractivity contribution in [1.29, 1.82) is 5.26 Å². The van der Waals surface area contributed by atoms with E-state index in [1.807, 2.05) is 16.7 Å². The molecule has 34 heavy (non-hydrogen) atoms. The van der Waals surface area contributed by atoms with Gasteiger partial charge in [-0.3, -0.25) is 9.59 Å². The van der Waals surface area contributed by atoms with Crippen LogP contribution in [0.3, 0.4) is 0 Å². The average molecular weight is 475 g/mol. The molecular weight excluding hydrogens is 445 g/mol. The van der Waals surface area contributed by atoms with Crippen LogP contribution in [0.2, 0.25) is 0 Å².